The molecule has 3 N–H and O–H groups in total. The number of nitrogens with two attached hydrogens (primary N) is 1. The number of benzene rings is 1. The Morgan fingerprint density at radius 2 is 2.13 bits per heavy atom. The molecule has 1 fully saturated rings. The summed E-state index contributed by atoms with van der Waals surface area (Å²) in [4.78, 5) is 0. The van der Waals surface area contributed by atoms with E-state index in [1.807, 2.05) is 12.1 Å². The van der Waals surface area contributed by atoms with Crippen LogP contribution in [0.3, 0.4) is 0 Å². The van der Waals surface area contributed by atoms with E-state index in [0.29, 0.717) is 22.5 Å². The van der Waals surface area contributed by atoms with Crippen molar-refractivity contribution in [1.29, 1.82) is 0 Å². The largest absolute Gasteiger partial charge is 0.396 e. The lowest BCUT2D eigenvalue weighted by molar-refractivity contribution is 0.211. The van der Waals surface area contributed by atoms with Gasteiger partial charge in [0.15, 0.2) is 0 Å². The third-order valence-corrected chi connectivity index (χ3v) is 4.00. The first-order valence-electron chi connectivity index (χ1n) is 4.89. The summed E-state index contributed by atoms with van der Waals surface area (Å²) < 4.78 is 0. The van der Waals surface area contributed by atoms with Crippen LogP contribution in [-0.4, -0.2) is 18.3 Å². The Morgan fingerprint density at radius 1 is 1.40 bits per heavy atom. The van der Waals surface area contributed by atoms with E-state index in [4.69, 9.17) is 28.9 Å². The van der Waals surface area contributed by atoms with Crippen molar-refractivity contribution in [3.05, 3.63) is 33.8 Å². The van der Waals surface area contributed by atoms with E-state index in [1.54, 1.807) is 6.07 Å². The molecule has 0 amide bonds. The first-order chi connectivity index (χ1) is 7.13. The number of hydrogen-bond donors (Lipinski definition) is 2. The van der Waals surface area contributed by atoms with Crippen LogP contribution in [0.25, 0.3) is 0 Å². The van der Waals surface area contributed by atoms with Crippen molar-refractivity contribution in [1.82, 2.24) is 0 Å². The minimum atomic E-state index is -0.128. The fraction of sp³-hybridized carbons (Fsp3) is 0.455. The molecule has 1 aliphatic carbocycles. The average molecular weight is 246 g/mol. The molecule has 0 bridgehead atoms. The SMILES string of the molecule is NC[C@]1(CO)C[C@@H]1c1ccc(Cl)c(Cl)c1. The molecule has 82 valence electrons. The molecule has 4 heteroatoms. The summed E-state index contributed by atoms with van der Waals surface area (Å²) in [5.74, 6) is 0.322. The molecular weight excluding hydrogens is 233 g/mol. The van der Waals surface area contributed by atoms with E-state index < -0.39 is 0 Å². The lowest BCUT2D eigenvalue weighted by Crippen LogP contribution is -2.21. The zero-order valence-electron chi connectivity index (χ0n) is 8.21. The summed E-state index contributed by atoms with van der Waals surface area (Å²) in [7, 11) is 0. The molecular formula is C11H13Cl2NO. The number of hydrogen-bond acceptors (Lipinski definition) is 2. The van der Waals surface area contributed by atoms with Crippen molar-refractivity contribution in [2.75, 3.05) is 13.2 Å². The molecule has 1 aromatic carbocycles. The molecule has 2 nitrogen and oxygen atoms in total. The van der Waals surface area contributed by atoms with Gasteiger partial charge in [-0.3, -0.25) is 0 Å². The maximum Gasteiger partial charge on any atom is 0.0595 e. The van der Waals surface area contributed by atoms with Crippen molar-refractivity contribution in [3.63, 3.8) is 0 Å². The molecule has 0 unspecified atom stereocenters. The van der Waals surface area contributed by atoms with Crippen molar-refractivity contribution in [2.24, 2.45) is 11.1 Å². The van der Waals surface area contributed by atoms with Gasteiger partial charge in [0.2, 0.25) is 0 Å². The molecule has 0 heterocycles. The summed E-state index contributed by atoms with van der Waals surface area (Å²) in [6.45, 7) is 0.642. The smallest absolute Gasteiger partial charge is 0.0595 e. The van der Waals surface area contributed by atoms with Crippen molar-refractivity contribution >= 4 is 23.2 Å². The molecule has 0 radical (unpaired) electrons. The van der Waals surface area contributed by atoms with Gasteiger partial charge in [0.1, 0.15) is 0 Å². The highest BCUT2D eigenvalue weighted by Crippen LogP contribution is 2.58. The monoisotopic (exact) mass is 245 g/mol. The van der Waals surface area contributed by atoms with Crippen LogP contribution in [0.1, 0.15) is 17.9 Å². The van der Waals surface area contributed by atoms with Crippen LogP contribution in [0.2, 0.25) is 10.0 Å². The zero-order valence-corrected chi connectivity index (χ0v) is 9.72. The molecule has 0 aromatic heterocycles. The molecule has 1 aromatic rings. The van der Waals surface area contributed by atoms with Gasteiger partial charge in [0, 0.05) is 12.0 Å². The highest BCUT2D eigenvalue weighted by atomic mass is 35.5. The third-order valence-electron chi connectivity index (χ3n) is 3.26. The summed E-state index contributed by atoms with van der Waals surface area (Å²) in [5, 5.41) is 10.4. The molecule has 15 heavy (non-hydrogen) atoms. The van der Waals surface area contributed by atoms with E-state index in [9.17, 15) is 5.11 Å². The summed E-state index contributed by atoms with van der Waals surface area (Å²) >= 11 is 11.8. The minimum absolute atomic E-state index is 0.128. The number of rotatable bonds is 3. The molecule has 0 aliphatic heterocycles. The topological polar surface area (TPSA) is 46.2 Å². The second-order valence-electron chi connectivity index (χ2n) is 4.15. The van der Waals surface area contributed by atoms with E-state index in [0.717, 1.165) is 12.0 Å². The Labute approximate surface area is 99.0 Å². The van der Waals surface area contributed by atoms with Crippen LogP contribution in [0.15, 0.2) is 18.2 Å². The Balaban J connectivity index is 2.23. The molecule has 1 aliphatic rings. The van der Waals surface area contributed by atoms with Gasteiger partial charge in [0.05, 0.1) is 16.7 Å². The maximum absolute atomic E-state index is 9.27. The van der Waals surface area contributed by atoms with Gasteiger partial charge in [-0.15, -0.1) is 0 Å². The Bertz CT molecular complexity index is 377. The Morgan fingerprint density at radius 3 is 2.60 bits per heavy atom. The minimum Gasteiger partial charge on any atom is -0.396 e. The molecule has 1 saturated carbocycles. The number of aliphatic hydroxyl groups excluding tert-OH is 1. The molecule has 0 saturated heterocycles. The summed E-state index contributed by atoms with van der Waals surface area (Å²) in [5.41, 5.74) is 6.64. The van der Waals surface area contributed by atoms with Crippen LogP contribution < -0.4 is 5.73 Å². The normalized spacial score (nSPS) is 29.2. The van der Waals surface area contributed by atoms with Gasteiger partial charge in [-0.25, -0.2) is 0 Å². The number of aliphatic hydroxyl groups is 1. The van der Waals surface area contributed by atoms with E-state index in [2.05, 4.69) is 0 Å². The second-order valence-corrected chi connectivity index (χ2v) is 4.97. The lowest BCUT2D eigenvalue weighted by atomic mass is 10.0. The van der Waals surface area contributed by atoms with Gasteiger partial charge in [0.25, 0.3) is 0 Å². The van der Waals surface area contributed by atoms with Gasteiger partial charge < -0.3 is 10.8 Å². The van der Waals surface area contributed by atoms with Gasteiger partial charge in [-0.05, 0) is 30.0 Å². The van der Waals surface area contributed by atoms with Crippen LogP contribution >= 0.6 is 23.2 Å². The highest BCUT2D eigenvalue weighted by molar-refractivity contribution is 6.42. The zero-order chi connectivity index (χ0) is 11.1. The first-order valence-corrected chi connectivity index (χ1v) is 5.64. The maximum atomic E-state index is 9.27. The van der Waals surface area contributed by atoms with E-state index in [1.165, 1.54) is 0 Å². The number of halogens is 2. The fourth-order valence-electron chi connectivity index (χ4n) is 2.01. The van der Waals surface area contributed by atoms with E-state index >= 15 is 0 Å². The van der Waals surface area contributed by atoms with E-state index in [-0.39, 0.29) is 12.0 Å². The van der Waals surface area contributed by atoms with Crippen LogP contribution in [0.5, 0.6) is 0 Å². The standard InChI is InChI=1S/C11H13Cl2NO/c12-9-2-1-7(3-10(9)13)8-4-11(8,5-14)6-15/h1-3,8,15H,4-6,14H2/t8-,11+/m1/s1. The summed E-state index contributed by atoms with van der Waals surface area (Å²) in [6, 6.07) is 5.60. The quantitative estimate of drug-likeness (QED) is 0.860. The molecule has 0 spiro atoms. The van der Waals surface area contributed by atoms with Crippen LogP contribution in [0, 0.1) is 5.41 Å². The van der Waals surface area contributed by atoms with Crippen molar-refractivity contribution in [2.45, 2.75) is 12.3 Å². The second kappa shape index (κ2) is 3.95. The average Bonchev–Trinajstić information content (AvgIpc) is 2.97. The lowest BCUT2D eigenvalue weighted by Gasteiger charge is -2.11. The van der Waals surface area contributed by atoms with Crippen LogP contribution in [-0.2, 0) is 0 Å². The predicted octanol–water partition coefficient (Wildman–Crippen LogP) is 2.42. The molecule has 2 rings (SSSR count). The Hall–Kier alpha value is -0.280. The van der Waals surface area contributed by atoms with Gasteiger partial charge in [-0.2, -0.15) is 0 Å². The van der Waals surface area contributed by atoms with Crippen molar-refractivity contribution < 1.29 is 5.11 Å². The Kier molecular flexibility index (Phi) is 2.95. The van der Waals surface area contributed by atoms with Gasteiger partial charge in [-0.1, -0.05) is 29.3 Å². The third kappa shape index (κ3) is 1.87. The fourth-order valence-corrected chi connectivity index (χ4v) is 2.32. The van der Waals surface area contributed by atoms with Crippen LogP contribution in [0.4, 0.5) is 0 Å². The van der Waals surface area contributed by atoms with Crippen molar-refractivity contribution in [3.8, 4) is 0 Å². The highest BCUT2D eigenvalue weighted by Gasteiger charge is 2.53. The first kappa shape index (κ1) is 11.2. The van der Waals surface area contributed by atoms with Gasteiger partial charge >= 0.3 is 0 Å². The predicted molar refractivity (Wildman–Crippen MR) is 62.4 cm³/mol. The molecule has 2 atom stereocenters. The summed E-state index contributed by atoms with van der Waals surface area (Å²) in [6.07, 6.45) is 0.929.